The quantitative estimate of drug-likeness (QED) is 0.482. The molecule has 0 saturated heterocycles. The van der Waals surface area contributed by atoms with Crippen molar-refractivity contribution in [3.8, 4) is 0 Å². The third kappa shape index (κ3) is 3.30. The summed E-state index contributed by atoms with van der Waals surface area (Å²) in [6, 6.07) is 0. The molecular weight excluding hydrogens is 288 g/mol. The molecule has 0 aromatic heterocycles. The summed E-state index contributed by atoms with van der Waals surface area (Å²) in [5.41, 5.74) is 2.07. The molecule has 0 saturated carbocycles. The molecule has 3 heteroatoms. The van der Waals surface area contributed by atoms with Crippen LogP contribution in [0, 0.1) is 17.8 Å². The molecule has 23 heavy (non-hydrogen) atoms. The number of esters is 1. The fourth-order valence-electron chi connectivity index (χ4n) is 3.92. The molecule has 2 aliphatic rings. The van der Waals surface area contributed by atoms with Gasteiger partial charge in [-0.25, -0.2) is 4.79 Å². The van der Waals surface area contributed by atoms with Crippen LogP contribution < -0.4 is 0 Å². The van der Waals surface area contributed by atoms with Crippen LogP contribution in [0.1, 0.15) is 54.4 Å². The number of carbonyl (C=O) groups excluding carboxylic acids is 1. The van der Waals surface area contributed by atoms with E-state index >= 15 is 0 Å². The molecule has 0 unspecified atom stereocenters. The molecule has 3 nitrogen and oxygen atoms in total. The number of allylic oxidation sites excluding steroid dienone is 2. The smallest absolute Gasteiger partial charge is 0.333 e. The van der Waals surface area contributed by atoms with E-state index in [0.29, 0.717) is 11.5 Å². The minimum absolute atomic E-state index is 0.00459. The first kappa shape index (κ1) is 18.0. The molecule has 4 atom stereocenters. The Bertz CT molecular complexity index is 567. The molecule has 0 spiro atoms. The molecule has 0 aliphatic heterocycles. The molecule has 0 aromatic carbocycles. The Morgan fingerprint density at radius 1 is 1.39 bits per heavy atom. The van der Waals surface area contributed by atoms with Crippen molar-refractivity contribution in [3.05, 3.63) is 34.9 Å². The van der Waals surface area contributed by atoms with Crippen LogP contribution in [0.25, 0.3) is 0 Å². The Morgan fingerprint density at radius 3 is 2.61 bits per heavy atom. The molecule has 0 radical (unpaired) electrons. The van der Waals surface area contributed by atoms with E-state index in [9.17, 15) is 9.90 Å². The molecule has 0 amide bonds. The van der Waals surface area contributed by atoms with Crippen LogP contribution in [0.5, 0.6) is 0 Å². The van der Waals surface area contributed by atoms with Gasteiger partial charge in [-0.05, 0) is 58.1 Å². The minimum atomic E-state index is -0.799. The first-order chi connectivity index (χ1) is 10.7. The largest absolute Gasteiger partial charge is 0.454 e. The van der Waals surface area contributed by atoms with Crippen LogP contribution in [0.3, 0.4) is 0 Å². The summed E-state index contributed by atoms with van der Waals surface area (Å²) >= 11 is 0. The van der Waals surface area contributed by atoms with Gasteiger partial charge in [-0.15, -0.1) is 0 Å². The predicted molar refractivity (Wildman–Crippen MR) is 92.8 cm³/mol. The Kier molecular flexibility index (Phi) is 5.20. The highest BCUT2D eigenvalue weighted by Gasteiger charge is 2.50. The second kappa shape index (κ2) is 6.64. The maximum absolute atomic E-state index is 12.2. The highest BCUT2D eigenvalue weighted by atomic mass is 16.5. The lowest BCUT2D eigenvalue weighted by Crippen LogP contribution is -2.52. The van der Waals surface area contributed by atoms with E-state index < -0.39 is 5.60 Å². The SMILES string of the molecule is C/C=C(/C)C(=O)O[C@H]1C=C(C)[C@@]2(O)CCC(C)=C[C@H]2[C@@H]1C(C)C. The van der Waals surface area contributed by atoms with Crippen molar-refractivity contribution < 1.29 is 14.6 Å². The number of ether oxygens (including phenoxy) is 1. The zero-order valence-electron chi connectivity index (χ0n) is 15.2. The minimum Gasteiger partial charge on any atom is -0.454 e. The number of hydrogen-bond acceptors (Lipinski definition) is 3. The highest BCUT2D eigenvalue weighted by Crippen LogP contribution is 2.49. The molecule has 0 heterocycles. The van der Waals surface area contributed by atoms with Crippen LogP contribution in [-0.2, 0) is 9.53 Å². The molecule has 1 N–H and O–H groups in total. The van der Waals surface area contributed by atoms with Gasteiger partial charge in [0.15, 0.2) is 0 Å². The molecular formula is C20H30O3. The van der Waals surface area contributed by atoms with Gasteiger partial charge < -0.3 is 9.84 Å². The summed E-state index contributed by atoms with van der Waals surface area (Å²) in [4.78, 5) is 12.2. The molecule has 2 aliphatic carbocycles. The van der Waals surface area contributed by atoms with Crippen LogP contribution in [0.2, 0.25) is 0 Å². The Hall–Kier alpha value is -1.35. The van der Waals surface area contributed by atoms with E-state index in [1.54, 1.807) is 13.0 Å². The molecule has 2 rings (SSSR count). The third-order valence-electron chi connectivity index (χ3n) is 5.58. The second-order valence-electron chi connectivity index (χ2n) is 7.48. The van der Waals surface area contributed by atoms with Gasteiger partial charge in [0.1, 0.15) is 6.10 Å². The summed E-state index contributed by atoms with van der Waals surface area (Å²) in [5, 5.41) is 11.2. The van der Waals surface area contributed by atoms with Gasteiger partial charge in [0, 0.05) is 17.4 Å². The predicted octanol–water partition coefficient (Wildman–Crippen LogP) is 4.18. The number of fused-ring (bicyclic) bond motifs is 1. The monoisotopic (exact) mass is 318 g/mol. The van der Waals surface area contributed by atoms with Crippen molar-refractivity contribution in [1.29, 1.82) is 0 Å². The van der Waals surface area contributed by atoms with E-state index in [2.05, 4.69) is 26.8 Å². The maximum atomic E-state index is 12.2. The van der Waals surface area contributed by atoms with Crippen LogP contribution in [0.15, 0.2) is 34.9 Å². The van der Waals surface area contributed by atoms with Crippen molar-refractivity contribution in [3.63, 3.8) is 0 Å². The van der Waals surface area contributed by atoms with Gasteiger partial charge in [0.05, 0.1) is 5.60 Å². The highest BCUT2D eigenvalue weighted by molar-refractivity contribution is 5.87. The first-order valence-corrected chi connectivity index (χ1v) is 8.63. The topological polar surface area (TPSA) is 46.5 Å². The summed E-state index contributed by atoms with van der Waals surface area (Å²) < 4.78 is 5.79. The lowest BCUT2D eigenvalue weighted by atomic mass is 9.60. The van der Waals surface area contributed by atoms with E-state index in [0.717, 1.165) is 18.4 Å². The fourth-order valence-corrected chi connectivity index (χ4v) is 3.92. The maximum Gasteiger partial charge on any atom is 0.333 e. The fraction of sp³-hybridized carbons (Fsp3) is 0.650. The lowest BCUT2D eigenvalue weighted by Gasteiger charge is -2.49. The number of rotatable bonds is 3. The second-order valence-corrected chi connectivity index (χ2v) is 7.48. The number of carbonyl (C=O) groups is 1. The van der Waals surface area contributed by atoms with E-state index in [1.807, 2.05) is 19.9 Å². The average Bonchev–Trinajstić information content (AvgIpc) is 2.48. The van der Waals surface area contributed by atoms with E-state index in [1.165, 1.54) is 5.57 Å². The van der Waals surface area contributed by atoms with Gasteiger partial charge >= 0.3 is 5.97 Å². The average molecular weight is 318 g/mol. The zero-order valence-corrected chi connectivity index (χ0v) is 15.2. The van der Waals surface area contributed by atoms with Gasteiger partial charge in [0.25, 0.3) is 0 Å². The van der Waals surface area contributed by atoms with Gasteiger partial charge in [-0.2, -0.15) is 0 Å². The third-order valence-corrected chi connectivity index (χ3v) is 5.58. The Morgan fingerprint density at radius 2 is 2.04 bits per heavy atom. The normalized spacial score (nSPS) is 34.6. The number of hydrogen-bond donors (Lipinski definition) is 1. The summed E-state index contributed by atoms with van der Waals surface area (Å²) in [7, 11) is 0. The summed E-state index contributed by atoms with van der Waals surface area (Å²) in [5.74, 6) is 0.133. The standard InChI is InChI=1S/C20H30O3/c1-7-14(5)19(21)23-17-11-15(6)20(22)9-8-13(4)10-16(20)18(17)12(2)3/h7,10-12,16-18,22H,8-9H2,1-6H3/b14-7-/t16-,17-,18-,20-/m0/s1. The van der Waals surface area contributed by atoms with E-state index in [4.69, 9.17) is 4.74 Å². The Balaban J connectivity index is 2.41. The van der Waals surface area contributed by atoms with Crippen LogP contribution >= 0.6 is 0 Å². The lowest BCUT2D eigenvalue weighted by molar-refractivity contribution is -0.149. The first-order valence-electron chi connectivity index (χ1n) is 8.63. The van der Waals surface area contributed by atoms with Crippen molar-refractivity contribution in [1.82, 2.24) is 0 Å². The van der Waals surface area contributed by atoms with Crippen molar-refractivity contribution in [2.24, 2.45) is 17.8 Å². The van der Waals surface area contributed by atoms with Gasteiger partial charge in [-0.3, -0.25) is 0 Å². The number of aliphatic hydroxyl groups is 1. The van der Waals surface area contributed by atoms with Crippen molar-refractivity contribution >= 4 is 5.97 Å². The van der Waals surface area contributed by atoms with Gasteiger partial charge in [-0.1, -0.05) is 31.6 Å². The van der Waals surface area contributed by atoms with Crippen LogP contribution in [-0.4, -0.2) is 22.8 Å². The summed E-state index contributed by atoms with van der Waals surface area (Å²) in [6.07, 6.45) is 7.33. The molecule has 128 valence electrons. The zero-order chi connectivity index (χ0) is 17.4. The Labute approximate surface area is 140 Å². The summed E-state index contributed by atoms with van der Waals surface area (Å²) in [6.45, 7) is 12.0. The van der Waals surface area contributed by atoms with E-state index in [-0.39, 0.29) is 23.9 Å². The van der Waals surface area contributed by atoms with Crippen molar-refractivity contribution in [2.45, 2.75) is 66.1 Å². The van der Waals surface area contributed by atoms with Gasteiger partial charge in [0.2, 0.25) is 0 Å². The van der Waals surface area contributed by atoms with Crippen LogP contribution in [0.4, 0.5) is 0 Å². The van der Waals surface area contributed by atoms with Crippen molar-refractivity contribution in [2.75, 3.05) is 0 Å². The molecule has 0 aromatic rings. The molecule has 0 fully saturated rings. The molecule has 0 bridgehead atoms.